The average Bonchev–Trinajstić information content (AvgIpc) is 3.27. The quantitative estimate of drug-likeness (QED) is 0.683. The van der Waals surface area contributed by atoms with E-state index in [2.05, 4.69) is 72.7 Å². The van der Waals surface area contributed by atoms with Crippen LogP contribution in [0.1, 0.15) is 18.9 Å². The summed E-state index contributed by atoms with van der Waals surface area (Å²) in [5, 5.41) is 0. The molecule has 0 aromatic heterocycles. The third-order valence-corrected chi connectivity index (χ3v) is 3.98. The van der Waals surface area contributed by atoms with Crippen LogP contribution in [-0.2, 0) is 0 Å². The first kappa shape index (κ1) is 15.1. The third-order valence-electron chi connectivity index (χ3n) is 3.98. The molecule has 3 rings (SSSR count). The molecule has 2 aliphatic rings. The first-order valence-electron chi connectivity index (χ1n) is 7.88. The molecule has 0 amide bonds. The molecule has 1 nitrogen and oxygen atoms in total. The highest BCUT2D eigenvalue weighted by Crippen LogP contribution is 2.47. The summed E-state index contributed by atoms with van der Waals surface area (Å²) in [5.41, 5.74) is 7.04. The van der Waals surface area contributed by atoms with E-state index in [0.29, 0.717) is 0 Å². The number of allylic oxidation sites excluding steroid dienone is 8. The number of benzene rings is 1. The Hall–Kier alpha value is -2.80. The summed E-state index contributed by atoms with van der Waals surface area (Å²) in [6.45, 7) is 10.3. The van der Waals surface area contributed by atoms with Crippen LogP contribution in [0.15, 0.2) is 109 Å². The minimum atomic E-state index is 0.895. The molecule has 0 saturated carbocycles. The highest BCUT2D eigenvalue weighted by atomic mass is 15.3. The fraction of sp³-hybridized carbons (Fsp3) is 0.0909. The fourth-order valence-electron chi connectivity index (χ4n) is 2.93. The fourth-order valence-corrected chi connectivity index (χ4v) is 2.93. The van der Waals surface area contributed by atoms with E-state index in [1.54, 1.807) is 0 Å². The van der Waals surface area contributed by atoms with Gasteiger partial charge in [-0.25, -0.2) is 0 Å². The maximum atomic E-state index is 4.27. The van der Waals surface area contributed by atoms with Crippen molar-refractivity contribution in [3.8, 4) is 0 Å². The Balaban J connectivity index is 2.06. The van der Waals surface area contributed by atoms with Crippen molar-refractivity contribution in [3.63, 3.8) is 0 Å². The normalized spacial score (nSPS) is 23.7. The van der Waals surface area contributed by atoms with Crippen molar-refractivity contribution in [1.82, 2.24) is 4.90 Å². The summed E-state index contributed by atoms with van der Waals surface area (Å²) in [6.07, 6.45) is 15.4. The molecule has 0 saturated heterocycles. The van der Waals surface area contributed by atoms with Crippen molar-refractivity contribution in [1.29, 1.82) is 0 Å². The second-order valence-corrected chi connectivity index (χ2v) is 5.53. The van der Waals surface area contributed by atoms with Crippen molar-refractivity contribution >= 4 is 5.70 Å². The van der Waals surface area contributed by atoms with E-state index in [4.69, 9.17) is 0 Å². The van der Waals surface area contributed by atoms with E-state index in [0.717, 1.165) is 23.4 Å². The van der Waals surface area contributed by atoms with Gasteiger partial charge in [0.25, 0.3) is 0 Å². The maximum Gasteiger partial charge on any atom is 0.0776 e. The summed E-state index contributed by atoms with van der Waals surface area (Å²) in [7, 11) is 0. The van der Waals surface area contributed by atoms with E-state index in [1.807, 2.05) is 25.1 Å². The highest BCUT2D eigenvalue weighted by Gasteiger charge is 2.36. The van der Waals surface area contributed by atoms with E-state index >= 15 is 0 Å². The van der Waals surface area contributed by atoms with Gasteiger partial charge in [-0.2, -0.15) is 0 Å². The van der Waals surface area contributed by atoms with Gasteiger partial charge in [-0.15, -0.1) is 0 Å². The first-order valence-corrected chi connectivity index (χ1v) is 7.88. The Labute approximate surface area is 138 Å². The van der Waals surface area contributed by atoms with Gasteiger partial charge < -0.3 is 4.90 Å². The van der Waals surface area contributed by atoms with Gasteiger partial charge in [0.2, 0.25) is 0 Å². The molecule has 0 unspecified atom stereocenters. The summed E-state index contributed by atoms with van der Waals surface area (Å²) < 4.78 is 0. The van der Waals surface area contributed by atoms with Gasteiger partial charge in [0, 0.05) is 5.56 Å². The van der Waals surface area contributed by atoms with Gasteiger partial charge >= 0.3 is 0 Å². The zero-order valence-corrected chi connectivity index (χ0v) is 13.5. The Kier molecular flexibility index (Phi) is 4.29. The topological polar surface area (TPSA) is 3.01 Å². The molecule has 1 aliphatic heterocycles. The van der Waals surface area contributed by atoms with Crippen molar-refractivity contribution in [2.24, 2.45) is 0 Å². The van der Waals surface area contributed by atoms with Gasteiger partial charge in [0.1, 0.15) is 0 Å². The van der Waals surface area contributed by atoms with Crippen molar-refractivity contribution in [2.45, 2.75) is 13.3 Å². The number of nitrogens with zero attached hydrogens (tertiary/aromatic N) is 1. The molecule has 23 heavy (non-hydrogen) atoms. The number of rotatable bonds is 4. The molecule has 1 aromatic carbocycles. The molecule has 0 radical (unpaired) electrons. The van der Waals surface area contributed by atoms with Gasteiger partial charge in [0.15, 0.2) is 0 Å². The van der Waals surface area contributed by atoms with Gasteiger partial charge in [-0.3, -0.25) is 0 Å². The number of hydrogen-bond donors (Lipinski definition) is 0. The Morgan fingerprint density at radius 1 is 1.09 bits per heavy atom. The van der Waals surface area contributed by atoms with E-state index in [-0.39, 0.29) is 0 Å². The number of hydrogen-bond acceptors (Lipinski definition) is 1. The van der Waals surface area contributed by atoms with Crippen LogP contribution in [-0.4, -0.2) is 4.90 Å². The van der Waals surface area contributed by atoms with Crippen LogP contribution in [0, 0.1) is 0 Å². The molecule has 1 heteroatoms. The standard InChI is InChI=1S/C22H21N/c1-4-12-18-14-9-6-8-13-17(3)21(18)23-20(5-2)22(23)19-15-10-7-11-16-19/h4-13,15-16H,2-3,14H2,1H3/b9-6-,12-4-,13-8-,21-18+. The Morgan fingerprint density at radius 2 is 1.87 bits per heavy atom. The lowest BCUT2D eigenvalue weighted by Gasteiger charge is -2.18. The zero-order chi connectivity index (χ0) is 16.2. The molecule has 0 spiro atoms. The van der Waals surface area contributed by atoms with Crippen LogP contribution in [0.25, 0.3) is 5.70 Å². The predicted molar refractivity (Wildman–Crippen MR) is 99.3 cm³/mol. The van der Waals surface area contributed by atoms with Gasteiger partial charge in [-0.05, 0) is 30.6 Å². The second kappa shape index (κ2) is 6.53. The third kappa shape index (κ3) is 2.91. The summed E-state index contributed by atoms with van der Waals surface area (Å²) in [6, 6.07) is 10.4. The lowest BCUT2D eigenvalue weighted by Crippen LogP contribution is -2.07. The van der Waals surface area contributed by atoms with Crippen molar-refractivity contribution < 1.29 is 0 Å². The summed E-state index contributed by atoms with van der Waals surface area (Å²) in [4.78, 5) is 2.27. The van der Waals surface area contributed by atoms with Crippen molar-refractivity contribution in [3.05, 3.63) is 114 Å². The Morgan fingerprint density at radius 3 is 2.57 bits per heavy atom. The van der Waals surface area contributed by atoms with Crippen LogP contribution >= 0.6 is 0 Å². The van der Waals surface area contributed by atoms with Crippen LogP contribution in [0.3, 0.4) is 0 Å². The first-order chi connectivity index (χ1) is 11.3. The Bertz CT molecular complexity index is 783. The van der Waals surface area contributed by atoms with Crippen molar-refractivity contribution in [2.75, 3.05) is 0 Å². The molecular weight excluding hydrogens is 278 g/mol. The zero-order valence-electron chi connectivity index (χ0n) is 13.5. The SMILES string of the molecule is C=CC1=C(c2ccccc2)N1/C1=C(\C=C/C)C/C=C\C=C/C1=C. The minimum absolute atomic E-state index is 0.895. The molecule has 1 aliphatic carbocycles. The monoisotopic (exact) mass is 299 g/mol. The smallest absolute Gasteiger partial charge is 0.0776 e. The predicted octanol–water partition coefficient (Wildman–Crippen LogP) is 5.76. The van der Waals surface area contributed by atoms with E-state index in [1.165, 1.54) is 16.8 Å². The molecule has 1 heterocycles. The summed E-state index contributed by atoms with van der Waals surface area (Å²) in [5.74, 6) is 0. The maximum absolute atomic E-state index is 4.27. The molecule has 1 aromatic rings. The van der Waals surface area contributed by atoms with E-state index in [9.17, 15) is 0 Å². The molecule has 114 valence electrons. The molecule has 0 atom stereocenters. The minimum Gasteiger partial charge on any atom is -0.305 e. The van der Waals surface area contributed by atoms with Gasteiger partial charge in [-0.1, -0.05) is 79.9 Å². The van der Waals surface area contributed by atoms with Crippen LogP contribution in [0.4, 0.5) is 0 Å². The largest absolute Gasteiger partial charge is 0.305 e. The molecule has 0 fully saturated rings. The molecular formula is C22H21N. The van der Waals surface area contributed by atoms with E-state index < -0.39 is 0 Å². The lowest BCUT2D eigenvalue weighted by molar-refractivity contribution is 0.749. The van der Waals surface area contributed by atoms with Crippen LogP contribution in [0.2, 0.25) is 0 Å². The summed E-state index contributed by atoms with van der Waals surface area (Å²) >= 11 is 0. The van der Waals surface area contributed by atoms with Gasteiger partial charge in [0.05, 0.1) is 17.1 Å². The van der Waals surface area contributed by atoms with Crippen LogP contribution < -0.4 is 0 Å². The molecule has 0 N–H and O–H groups in total. The molecule has 0 bridgehead atoms. The second-order valence-electron chi connectivity index (χ2n) is 5.53. The van der Waals surface area contributed by atoms with Crippen LogP contribution in [0.5, 0.6) is 0 Å². The lowest BCUT2D eigenvalue weighted by atomic mass is 10.0. The highest BCUT2D eigenvalue weighted by molar-refractivity contribution is 5.85. The average molecular weight is 299 g/mol.